The van der Waals surface area contributed by atoms with Gasteiger partial charge in [-0.2, -0.15) is 0 Å². The summed E-state index contributed by atoms with van der Waals surface area (Å²) in [5.74, 6) is 0.0667. The van der Waals surface area contributed by atoms with Crippen LogP contribution in [0.4, 0.5) is 8.78 Å². The van der Waals surface area contributed by atoms with E-state index in [1.54, 1.807) is 18.6 Å². The third-order valence-corrected chi connectivity index (χ3v) is 4.18. The zero-order valence-electron chi connectivity index (χ0n) is 14.2. The zero-order chi connectivity index (χ0) is 18.1. The predicted molar refractivity (Wildman–Crippen MR) is 94.5 cm³/mol. The number of pyridine rings is 1. The van der Waals surface area contributed by atoms with E-state index in [1.807, 2.05) is 16.7 Å². The second-order valence-corrected chi connectivity index (χ2v) is 6.06. The third kappa shape index (κ3) is 2.96. The summed E-state index contributed by atoms with van der Waals surface area (Å²) in [6.45, 7) is 3.32. The molecular weight excluding hydrogens is 336 g/mol. The summed E-state index contributed by atoms with van der Waals surface area (Å²) in [5, 5.41) is 0. The lowest BCUT2D eigenvalue weighted by molar-refractivity contribution is 0.583. The van der Waals surface area contributed by atoms with Gasteiger partial charge in [-0.1, -0.05) is 6.92 Å². The Morgan fingerprint density at radius 2 is 1.85 bits per heavy atom. The highest BCUT2D eigenvalue weighted by molar-refractivity contribution is 5.71. The van der Waals surface area contributed by atoms with Gasteiger partial charge in [0.25, 0.3) is 0 Å². The second kappa shape index (κ2) is 6.67. The molecule has 26 heavy (non-hydrogen) atoms. The molecule has 0 aliphatic rings. The normalized spacial score (nSPS) is 11.3. The quantitative estimate of drug-likeness (QED) is 0.544. The fourth-order valence-electron chi connectivity index (χ4n) is 3.12. The summed E-state index contributed by atoms with van der Waals surface area (Å²) in [6, 6.07) is 7.18. The van der Waals surface area contributed by atoms with Crippen LogP contribution in [0.3, 0.4) is 0 Å². The first-order valence-electron chi connectivity index (χ1n) is 8.43. The predicted octanol–water partition coefficient (Wildman–Crippen LogP) is 4.03. The summed E-state index contributed by atoms with van der Waals surface area (Å²) >= 11 is 0. The Hall–Kier alpha value is -3.09. The smallest absolute Gasteiger partial charge is 0.160 e. The standard InChI is InChI=1S/C19H17F2N5/c1-2-7-26-17(24-16-4-3-5-22-19(16)26)12-25-8-6-23-18(25)13-9-14(20)11-15(21)10-13/h3-6,8-11H,2,7,12H2,1H3. The van der Waals surface area contributed by atoms with E-state index >= 15 is 0 Å². The van der Waals surface area contributed by atoms with E-state index in [1.165, 1.54) is 12.1 Å². The van der Waals surface area contributed by atoms with Crippen LogP contribution in [0.5, 0.6) is 0 Å². The van der Waals surface area contributed by atoms with Crippen molar-refractivity contribution in [2.45, 2.75) is 26.4 Å². The number of aryl methyl sites for hydroxylation is 1. The van der Waals surface area contributed by atoms with E-state index in [9.17, 15) is 8.78 Å². The molecule has 4 rings (SSSR count). The van der Waals surface area contributed by atoms with Gasteiger partial charge in [-0.05, 0) is 30.7 Å². The van der Waals surface area contributed by atoms with Crippen LogP contribution >= 0.6 is 0 Å². The zero-order valence-corrected chi connectivity index (χ0v) is 14.2. The van der Waals surface area contributed by atoms with E-state index in [2.05, 4.69) is 26.4 Å². The number of hydrogen-bond acceptors (Lipinski definition) is 3. The maximum absolute atomic E-state index is 13.6. The molecule has 0 amide bonds. The monoisotopic (exact) mass is 353 g/mol. The molecule has 1 aromatic carbocycles. The van der Waals surface area contributed by atoms with Crippen molar-refractivity contribution < 1.29 is 8.78 Å². The molecule has 3 aromatic heterocycles. The molecule has 4 aromatic rings. The average Bonchev–Trinajstić information content (AvgIpc) is 3.20. The molecule has 0 bridgehead atoms. The number of hydrogen-bond donors (Lipinski definition) is 0. The van der Waals surface area contributed by atoms with Gasteiger partial charge in [0.05, 0.1) is 6.54 Å². The molecule has 132 valence electrons. The van der Waals surface area contributed by atoms with Crippen molar-refractivity contribution in [2.24, 2.45) is 0 Å². The fourth-order valence-corrected chi connectivity index (χ4v) is 3.12. The first-order chi connectivity index (χ1) is 12.7. The molecule has 0 atom stereocenters. The summed E-state index contributed by atoms with van der Waals surface area (Å²) in [7, 11) is 0. The van der Waals surface area contributed by atoms with Gasteiger partial charge in [0.2, 0.25) is 0 Å². The topological polar surface area (TPSA) is 48.5 Å². The van der Waals surface area contributed by atoms with Crippen LogP contribution in [0.1, 0.15) is 19.2 Å². The van der Waals surface area contributed by atoms with E-state index in [0.29, 0.717) is 17.9 Å². The molecule has 3 heterocycles. The Balaban J connectivity index is 1.76. The molecule has 5 nitrogen and oxygen atoms in total. The van der Waals surface area contributed by atoms with Gasteiger partial charge in [-0.25, -0.2) is 23.7 Å². The van der Waals surface area contributed by atoms with Crippen molar-refractivity contribution in [1.82, 2.24) is 24.1 Å². The minimum Gasteiger partial charge on any atom is -0.323 e. The molecule has 7 heteroatoms. The molecule has 0 radical (unpaired) electrons. The number of nitrogens with zero attached hydrogens (tertiary/aromatic N) is 5. The summed E-state index contributed by atoms with van der Waals surface area (Å²) in [5.41, 5.74) is 2.06. The number of fused-ring (bicyclic) bond motifs is 1. The van der Waals surface area contributed by atoms with Gasteiger partial charge < -0.3 is 9.13 Å². The Morgan fingerprint density at radius 1 is 1.04 bits per heavy atom. The maximum atomic E-state index is 13.6. The van der Waals surface area contributed by atoms with Crippen LogP contribution in [0.25, 0.3) is 22.6 Å². The highest BCUT2D eigenvalue weighted by Crippen LogP contribution is 2.22. The third-order valence-electron chi connectivity index (χ3n) is 4.18. The molecule has 0 spiro atoms. The van der Waals surface area contributed by atoms with Crippen molar-refractivity contribution in [3.8, 4) is 11.4 Å². The van der Waals surface area contributed by atoms with E-state index in [4.69, 9.17) is 0 Å². The SMILES string of the molecule is CCCn1c(Cn2ccnc2-c2cc(F)cc(F)c2)nc2cccnc21. The van der Waals surface area contributed by atoms with Crippen molar-refractivity contribution in [2.75, 3.05) is 0 Å². The van der Waals surface area contributed by atoms with Crippen LogP contribution in [0.2, 0.25) is 0 Å². The molecular formula is C19H17F2N5. The Bertz CT molecular complexity index is 1050. The van der Waals surface area contributed by atoms with Crippen molar-refractivity contribution >= 4 is 11.2 Å². The summed E-state index contributed by atoms with van der Waals surface area (Å²) < 4.78 is 31.1. The van der Waals surface area contributed by atoms with Crippen LogP contribution in [-0.4, -0.2) is 24.1 Å². The van der Waals surface area contributed by atoms with Crippen LogP contribution in [-0.2, 0) is 13.1 Å². The van der Waals surface area contributed by atoms with Gasteiger partial charge in [0.1, 0.15) is 28.8 Å². The van der Waals surface area contributed by atoms with Gasteiger partial charge in [-0.3, -0.25) is 0 Å². The van der Waals surface area contributed by atoms with Gasteiger partial charge in [0, 0.05) is 36.8 Å². The van der Waals surface area contributed by atoms with Crippen LogP contribution < -0.4 is 0 Å². The molecule has 0 N–H and O–H groups in total. The van der Waals surface area contributed by atoms with Crippen LogP contribution in [0, 0.1) is 11.6 Å². The highest BCUT2D eigenvalue weighted by atomic mass is 19.1. The number of imidazole rings is 2. The number of rotatable bonds is 5. The highest BCUT2D eigenvalue weighted by Gasteiger charge is 2.15. The molecule has 0 saturated carbocycles. The minimum atomic E-state index is -0.628. The number of benzene rings is 1. The maximum Gasteiger partial charge on any atom is 0.160 e. The Labute approximate surface area is 149 Å². The lowest BCUT2D eigenvalue weighted by Crippen LogP contribution is -2.10. The molecule has 0 unspecified atom stereocenters. The van der Waals surface area contributed by atoms with E-state index < -0.39 is 11.6 Å². The van der Waals surface area contributed by atoms with Crippen molar-refractivity contribution in [1.29, 1.82) is 0 Å². The molecule has 0 fully saturated rings. The van der Waals surface area contributed by atoms with Crippen molar-refractivity contribution in [3.63, 3.8) is 0 Å². The van der Waals surface area contributed by atoms with Gasteiger partial charge in [-0.15, -0.1) is 0 Å². The fraction of sp³-hybridized carbons (Fsp3) is 0.211. The van der Waals surface area contributed by atoms with E-state index in [0.717, 1.165) is 36.0 Å². The Morgan fingerprint density at radius 3 is 2.62 bits per heavy atom. The molecule has 0 aliphatic heterocycles. The van der Waals surface area contributed by atoms with Gasteiger partial charge >= 0.3 is 0 Å². The second-order valence-electron chi connectivity index (χ2n) is 6.06. The largest absolute Gasteiger partial charge is 0.323 e. The number of aromatic nitrogens is 5. The van der Waals surface area contributed by atoms with E-state index in [-0.39, 0.29) is 0 Å². The molecule has 0 saturated heterocycles. The lowest BCUT2D eigenvalue weighted by atomic mass is 10.2. The molecule has 0 aliphatic carbocycles. The Kier molecular flexibility index (Phi) is 4.20. The first-order valence-corrected chi connectivity index (χ1v) is 8.43. The first kappa shape index (κ1) is 16.4. The number of halogens is 2. The van der Waals surface area contributed by atoms with Gasteiger partial charge in [0.15, 0.2) is 5.65 Å². The van der Waals surface area contributed by atoms with Crippen LogP contribution in [0.15, 0.2) is 48.9 Å². The minimum absolute atomic E-state index is 0.392. The summed E-state index contributed by atoms with van der Waals surface area (Å²) in [6.07, 6.45) is 6.09. The van der Waals surface area contributed by atoms with Crippen molar-refractivity contribution in [3.05, 3.63) is 66.4 Å². The lowest BCUT2D eigenvalue weighted by Gasteiger charge is -2.10. The summed E-state index contributed by atoms with van der Waals surface area (Å²) in [4.78, 5) is 13.4. The average molecular weight is 353 g/mol.